The second-order valence-corrected chi connectivity index (χ2v) is 8.01. The van der Waals surface area contributed by atoms with Gasteiger partial charge in [0.25, 0.3) is 5.56 Å². The van der Waals surface area contributed by atoms with Gasteiger partial charge in [-0.25, -0.2) is 0 Å². The third-order valence-electron chi connectivity index (χ3n) is 5.53. The molecule has 0 radical (unpaired) electrons. The van der Waals surface area contributed by atoms with Gasteiger partial charge in [0, 0.05) is 25.2 Å². The van der Waals surface area contributed by atoms with Gasteiger partial charge in [-0.2, -0.15) is 4.98 Å². The number of benzene rings is 1. The lowest BCUT2D eigenvalue weighted by Crippen LogP contribution is -2.40. The highest BCUT2D eigenvalue weighted by molar-refractivity contribution is 6.04. The van der Waals surface area contributed by atoms with Crippen LogP contribution in [0.25, 0.3) is 0 Å². The lowest BCUT2D eigenvalue weighted by molar-refractivity contribution is -0.123. The lowest BCUT2D eigenvalue weighted by atomic mass is 9.92. The number of amides is 2. The van der Waals surface area contributed by atoms with Crippen molar-refractivity contribution < 1.29 is 9.59 Å². The van der Waals surface area contributed by atoms with Gasteiger partial charge in [-0.05, 0) is 37.8 Å². The molecule has 8 heteroatoms. The van der Waals surface area contributed by atoms with Crippen molar-refractivity contribution in [1.29, 1.82) is 0 Å². The Morgan fingerprint density at radius 1 is 1.24 bits per heavy atom. The molecule has 2 aromatic rings. The van der Waals surface area contributed by atoms with Crippen molar-refractivity contribution in [2.24, 2.45) is 5.92 Å². The molecular formula is C21H25N5O3. The van der Waals surface area contributed by atoms with Crippen molar-refractivity contribution in [3.05, 3.63) is 45.7 Å². The number of aryl methyl sites for hydroxylation is 1. The zero-order chi connectivity index (χ0) is 20.5. The van der Waals surface area contributed by atoms with Gasteiger partial charge >= 0.3 is 0 Å². The first-order chi connectivity index (χ1) is 13.9. The second kappa shape index (κ2) is 7.69. The number of aromatic amines is 1. The zero-order valence-corrected chi connectivity index (χ0v) is 16.6. The van der Waals surface area contributed by atoms with Crippen LogP contribution in [-0.2, 0) is 9.59 Å². The summed E-state index contributed by atoms with van der Waals surface area (Å²) in [7, 11) is 0. The third-order valence-corrected chi connectivity index (χ3v) is 5.53. The average molecular weight is 395 g/mol. The van der Waals surface area contributed by atoms with Crippen molar-refractivity contribution in [3.8, 4) is 0 Å². The maximum atomic E-state index is 12.9. The molecule has 0 aliphatic carbocycles. The van der Waals surface area contributed by atoms with E-state index in [1.165, 1.54) is 0 Å². The maximum Gasteiger partial charge on any atom is 0.258 e. The third kappa shape index (κ3) is 4.01. The zero-order valence-electron chi connectivity index (χ0n) is 16.6. The highest BCUT2D eigenvalue weighted by atomic mass is 16.2. The fraction of sp³-hybridized carbons (Fsp3) is 0.429. The molecule has 1 fully saturated rings. The Kier molecular flexibility index (Phi) is 5.08. The molecule has 2 amide bonds. The summed E-state index contributed by atoms with van der Waals surface area (Å²) in [6, 6.07) is 7.36. The number of nitrogens with one attached hydrogen (secondary N) is 3. The van der Waals surface area contributed by atoms with Crippen LogP contribution in [0.3, 0.4) is 0 Å². The first-order valence-electron chi connectivity index (χ1n) is 9.97. The van der Waals surface area contributed by atoms with Crippen LogP contribution >= 0.6 is 0 Å². The number of hydrogen-bond acceptors (Lipinski definition) is 5. The average Bonchev–Trinajstić information content (AvgIpc) is 2.68. The monoisotopic (exact) mass is 395 g/mol. The molecule has 0 spiro atoms. The molecule has 2 aliphatic heterocycles. The summed E-state index contributed by atoms with van der Waals surface area (Å²) in [5.41, 5.74) is 1.53. The van der Waals surface area contributed by atoms with Gasteiger partial charge in [0.2, 0.25) is 17.8 Å². The number of carbonyl (C=O) groups excluding carboxylic acids is 2. The Labute approximate surface area is 168 Å². The molecule has 0 saturated carbocycles. The van der Waals surface area contributed by atoms with E-state index < -0.39 is 11.8 Å². The highest BCUT2D eigenvalue weighted by Gasteiger charge is 2.35. The molecule has 1 aromatic heterocycles. The van der Waals surface area contributed by atoms with Gasteiger partial charge in [0.1, 0.15) is 5.82 Å². The van der Waals surface area contributed by atoms with E-state index in [0.717, 1.165) is 31.5 Å². The SMILES string of the molecule is Cc1ccc(NC(=O)[C@H]2CC(=O)Nc3nc(N4CCC[C@@H](C)C4)[nH]c(=O)c32)cc1. The Morgan fingerprint density at radius 3 is 2.72 bits per heavy atom. The summed E-state index contributed by atoms with van der Waals surface area (Å²) in [5.74, 6) is -0.463. The number of H-pyrrole nitrogens is 1. The number of aromatic nitrogens is 2. The summed E-state index contributed by atoms with van der Waals surface area (Å²) in [6.45, 7) is 5.72. The highest BCUT2D eigenvalue weighted by Crippen LogP contribution is 2.31. The number of anilines is 3. The predicted octanol–water partition coefficient (Wildman–Crippen LogP) is 2.38. The van der Waals surface area contributed by atoms with Crippen molar-refractivity contribution in [1.82, 2.24) is 9.97 Å². The van der Waals surface area contributed by atoms with Gasteiger partial charge in [-0.1, -0.05) is 24.6 Å². The van der Waals surface area contributed by atoms with E-state index in [1.54, 1.807) is 12.1 Å². The van der Waals surface area contributed by atoms with E-state index in [-0.39, 0.29) is 29.3 Å². The summed E-state index contributed by atoms with van der Waals surface area (Å²) >= 11 is 0. The quantitative estimate of drug-likeness (QED) is 0.740. The molecule has 4 rings (SSSR count). The van der Waals surface area contributed by atoms with Crippen molar-refractivity contribution in [3.63, 3.8) is 0 Å². The van der Waals surface area contributed by atoms with E-state index >= 15 is 0 Å². The summed E-state index contributed by atoms with van der Waals surface area (Å²) < 4.78 is 0. The minimum atomic E-state index is -0.884. The van der Waals surface area contributed by atoms with Crippen LogP contribution in [0.15, 0.2) is 29.1 Å². The Bertz CT molecular complexity index is 998. The van der Waals surface area contributed by atoms with Gasteiger partial charge in [0.05, 0.1) is 11.5 Å². The summed E-state index contributed by atoms with van der Waals surface area (Å²) in [6.07, 6.45) is 2.08. The molecule has 3 N–H and O–H groups in total. The number of rotatable bonds is 3. The van der Waals surface area contributed by atoms with Gasteiger partial charge < -0.3 is 15.5 Å². The van der Waals surface area contributed by atoms with Crippen LogP contribution in [0.5, 0.6) is 0 Å². The van der Waals surface area contributed by atoms with E-state index in [9.17, 15) is 14.4 Å². The minimum Gasteiger partial charge on any atom is -0.342 e. The summed E-state index contributed by atoms with van der Waals surface area (Å²) in [4.78, 5) is 47.3. The minimum absolute atomic E-state index is 0.0877. The standard InChI is InChI=1S/C21H25N5O3/c1-12-5-7-14(8-6-12)22-19(28)15-10-16(27)23-18-17(15)20(29)25-21(24-18)26-9-3-4-13(2)11-26/h5-8,13,15H,3-4,9-11H2,1-2H3,(H,22,28)(H2,23,24,25,27,29)/t13-,15+/m1/s1. The Balaban J connectivity index is 1.63. The van der Waals surface area contributed by atoms with E-state index in [4.69, 9.17) is 0 Å². The molecular weight excluding hydrogens is 370 g/mol. The van der Waals surface area contributed by atoms with E-state index in [2.05, 4.69) is 27.5 Å². The van der Waals surface area contributed by atoms with Crippen LogP contribution in [0.2, 0.25) is 0 Å². The fourth-order valence-corrected chi connectivity index (χ4v) is 3.98. The molecule has 0 unspecified atom stereocenters. The van der Waals surface area contributed by atoms with Crippen LogP contribution in [-0.4, -0.2) is 34.9 Å². The van der Waals surface area contributed by atoms with Crippen molar-refractivity contribution in [2.75, 3.05) is 28.6 Å². The normalized spacial score (nSPS) is 21.3. The topological polar surface area (TPSA) is 107 Å². The van der Waals surface area contributed by atoms with E-state index in [1.807, 2.05) is 24.0 Å². The second-order valence-electron chi connectivity index (χ2n) is 8.01. The largest absolute Gasteiger partial charge is 0.342 e. The molecule has 2 atom stereocenters. The molecule has 1 aromatic carbocycles. The first-order valence-corrected chi connectivity index (χ1v) is 9.97. The van der Waals surface area contributed by atoms with Crippen LogP contribution in [0.1, 0.15) is 43.2 Å². The Morgan fingerprint density at radius 2 is 2.00 bits per heavy atom. The van der Waals surface area contributed by atoms with Crippen molar-refractivity contribution >= 4 is 29.3 Å². The number of carbonyl (C=O) groups is 2. The van der Waals surface area contributed by atoms with Crippen LogP contribution in [0, 0.1) is 12.8 Å². The number of fused-ring (bicyclic) bond motifs is 1. The molecule has 1 saturated heterocycles. The molecule has 152 valence electrons. The number of piperidine rings is 1. The van der Waals surface area contributed by atoms with Crippen molar-refractivity contribution in [2.45, 2.75) is 39.0 Å². The van der Waals surface area contributed by atoms with Gasteiger partial charge in [0.15, 0.2) is 0 Å². The van der Waals surface area contributed by atoms with Gasteiger partial charge in [-0.3, -0.25) is 19.4 Å². The molecule has 3 heterocycles. The number of hydrogen-bond donors (Lipinski definition) is 3. The summed E-state index contributed by atoms with van der Waals surface area (Å²) in [5, 5.41) is 5.47. The Hall–Kier alpha value is -3.16. The molecule has 0 bridgehead atoms. The fourth-order valence-electron chi connectivity index (χ4n) is 3.98. The first kappa shape index (κ1) is 19.2. The van der Waals surface area contributed by atoms with Gasteiger partial charge in [-0.15, -0.1) is 0 Å². The molecule has 29 heavy (non-hydrogen) atoms. The predicted molar refractivity (Wildman–Crippen MR) is 111 cm³/mol. The smallest absolute Gasteiger partial charge is 0.258 e. The number of nitrogens with zero attached hydrogens (tertiary/aromatic N) is 2. The van der Waals surface area contributed by atoms with Crippen LogP contribution in [0.4, 0.5) is 17.5 Å². The molecule has 8 nitrogen and oxygen atoms in total. The molecule has 2 aliphatic rings. The maximum absolute atomic E-state index is 12.9. The lowest BCUT2D eigenvalue weighted by Gasteiger charge is -2.32. The van der Waals surface area contributed by atoms with E-state index in [0.29, 0.717) is 17.6 Å². The van der Waals surface area contributed by atoms with Crippen LogP contribution < -0.4 is 21.1 Å².